The number of hydrogen-bond acceptors (Lipinski definition) is 8. The van der Waals surface area contributed by atoms with Crippen molar-refractivity contribution in [3.63, 3.8) is 0 Å². The molecule has 0 fully saturated rings. The molecule has 0 aliphatic carbocycles. The van der Waals surface area contributed by atoms with E-state index in [9.17, 15) is 4.57 Å². The largest absolute Gasteiger partial charge is 0.474 e. The van der Waals surface area contributed by atoms with Crippen molar-refractivity contribution < 1.29 is 28.6 Å². The number of hydrogen-bond donors (Lipinski definition) is 3. The molecule has 2 heterocycles. The first kappa shape index (κ1) is 17.6. The predicted molar refractivity (Wildman–Crippen MR) is 80.0 cm³/mol. The van der Waals surface area contributed by atoms with Gasteiger partial charge in [-0.1, -0.05) is 0 Å². The van der Waals surface area contributed by atoms with Gasteiger partial charge in [0.05, 0.1) is 19.5 Å². The van der Waals surface area contributed by atoms with Crippen LogP contribution in [0, 0.1) is 0 Å². The third-order valence-corrected chi connectivity index (χ3v) is 3.23. The van der Waals surface area contributed by atoms with E-state index >= 15 is 0 Å². The van der Waals surface area contributed by atoms with Crippen LogP contribution in [0.15, 0.2) is 6.33 Å². The summed E-state index contributed by atoms with van der Waals surface area (Å²) in [6.07, 6.45) is 0.866. The lowest BCUT2D eigenvalue weighted by Gasteiger charge is -2.08. The van der Waals surface area contributed by atoms with Gasteiger partial charge in [-0.05, 0) is 0 Å². The highest BCUT2D eigenvalue weighted by Gasteiger charge is 2.15. The van der Waals surface area contributed by atoms with Crippen LogP contribution in [0.5, 0.6) is 5.88 Å². The minimum atomic E-state index is -4.18. The molecule has 11 nitrogen and oxygen atoms in total. The molecule has 128 valence electrons. The number of fused-ring (bicyclic) bond motifs is 1. The van der Waals surface area contributed by atoms with E-state index < -0.39 is 13.9 Å². The molecule has 23 heavy (non-hydrogen) atoms. The van der Waals surface area contributed by atoms with E-state index in [0.29, 0.717) is 30.9 Å². The number of nitrogen functional groups attached to an aromatic ring is 1. The molecule has 0 atom stereocenters. The van der Waals surface area contributed by atoms with Crippen LogP contribution in [0.3, 0.4) is 0 Å². The maximum absolute atomic E-state index is 10.7. The Morgan fingerprint density at radius 3 is 2.78 bits per heavy atom. The maximum Gasteiger partial charge on any atom is 0.350 e. The van der Waals surface area contributed by atoms with Gasteiger partial charge in [0.2, 0.25) is 11.8 Å². The van der Waals surface area contributed by atoms with Gasteiger partial charge in [-0.2, -0.15) is 9.97 Å². The highest BCUT2D eigenvalue weighted by atomic mass is 31.2. The number of nitrogens with two attached hydrogens (primary N) is 1. The smallest absolute Gasteiger partial charge is 0.350 e. The molecule has 2 aromatic rings. The van der Waals surface area contributed by atoms with Crippen molar-refractivity contribution in [1.29, 1.82) is 0 Å². The molecule has 0 saturated heterocycles. The lowest BCUT2D eigenvalue weighted by molar-refractivity contribution is 0.144. The zero-order valence-electron chi connectivity index (χ0n) is 12.5. The van der Waals surface area contributed by atoms with Crippen LogP contribution < -0.4 is 10.5 Å². The predicted octanol–water partition coefficient (Wildman–Crippen LogP) is -0.414. The molecule has 0 radical (unpaired) electrons. The molecule has 2 rings (SSSR count). The normalized spacial score (nSPS) is 12.0. The van der Waals surface area contributed by atoms with Gasteiger partial charge in [0.25, 0.3) is 0 Å². The molecular formula is C11H18N5O6P. The van der Waals surface area contributed by atoms with E-state index in [0.717, 1.165) is 0 Å². The lowest BCUT2D eigenvalue weighted by Crippen LogP contribution is -2.09. The molecule has 0 saturated carbocycles. The molecule has 2 aromatic heterocycles. The summed E-state index contributed by atoms with van der Waals surface area (Å²) in [4.78, 5) is 29.7. The van der Waals surface area contributed by atoms with Crippen LogP contribution in [0.2, 0.25) is 0 Å². The van der Waals surface area contributed by atoms with Gasteiger partial charge < -0.3 is 34.3 Å². The standard InChI is InChI=1S/C11H18N5O6P/c1-20-4-5-22-10-8-9(14-11(12)15-10)16(6-13-8)2-3-21-7-23(17,18)19/h6H,2-5,7H2,1H3,(H2,12,14,15)(H2,17,18,19). The van der Waals surface area contributed by atoms with Crippen molar-refractivity contribution in [2.45, 2.75) is 6.54 Å². The van der Waals surface area contributed by atoms with E-state index in [2.05, 4.69) is 15.0 Å². The second kappa shape index (κ2) is 7.66. The minimum absolute atomic E-state index is 0.0304. The number of methoxy groups -OCH3 is 1. The van der Waals surface area contributed by atoms with E-state index in [1.807, 2.05) is 0 Å². The first-order valence-electron chi connectivity index (χ1n) is 6.63. The highest BCUT2D eigenvalue weighted by molar-refractivity contribution is 7.51. The Morgan fingerprint density at radius 2 is 2.09 bits per heavy atom. The van der Waals surface area contributed by atoms with Crippen LogP contribution in [0.4, 0.5) is 5.95 Å². The molecule has 0 aliphatic heterocycles. The molecule has 0 bridgehead atoms. The number of anilines is 1. The summed E-state index contributed by atoms with van der Waals surface area (Å²) in [5.41, 5.74) is 6.54. The van der Waals surface area contributed by atoms with Crippen LogP contribution >= 0.6 is 7.60 Å². The van der Waals surface area contributed by atoms with E-state index in [-0.39, 0.29) is 18.4 Å². The quantitative estimate of drug-likeness (QED) is 0.402. The summed E-state index contributed by atoms with van der Waals surface area (Å²) in [5, 5.41) is 0. The van der Waals surface area contributed by atoms with Crippen molar-refractivity contribution in [2.24, 2.45) is 0 Å². The summed E-state index contributed by atoms with van der Waals surface area (Å²) in [5.74, 6) is 0.280. The molecule has 0 aliphatic rings. The van der Waals surface area contributed by atoms with Gasteiger partial charge in [-0.25, -0.2) is 4.98 Å². The SMILES string of the molecule is COCCOc1nc(N)nc2c1ncn2CCOCP(=O)(O)O. The maximum atomic E-state index is 10.7. The van der Waals surface area contributed by atoms with Gasteiger partial charge >= 0.3 is 7.60 Å². The van der Waals surface area contributed by atoms with Crippen molar-refractivity contribution in [2.75, 3.05) is 39.0 Å². The fourth-order valence-corrected chi connectivity index (χ4v) is 2.13. The van der Waals surface area contributed by atoms with Gasteiger partial charge in [-0.15, -0.1) is 0 Å². The van der Waals surface area contributed by atoms with Crippen LogP contribution in [-0.2, 0) is 20.6 Å². The average Bonchev–Trinajstić information content (AvgIpc) is 2.86. The number of nitrogens with zero attached hydrogens (tertiary/aromatic N) is 4. The monoisotopic (exact) mass is 347 g/mol. The minimum Gasteiger partial charge on any atom is -0.474 e. The Labute approximate surface area is 131 Å². The fraction of sp³-hybridized carbons (Fsp3) is 0.545. The second-order valence-electron chi connectivity index (χ2n) is 4.54. The van der Waals surface area contributed by atoms with Gasteiger partial charge in [0, 0.05) is 13.7 Å². The number of aromatic nitrogens is 4. The Morgan fingerprint density at radius 1 is 1.30 bits per heavy atom. The fourth-order valence-electron chi connectivity index (χ4n) is 1.77. The molecule has 12 heteroatoms. The van der Waals surface area contributed by atoms with Crippen molar-refractivity contribution >= 4 is 24.7 Å². The third kappa shape index (κ3) is 5.12. The van der Waals surface area contributed by atoms with Crippen molar-refractivity contribution in [1.82, 2.24) is 19.5 Å². The van der Waals surface area contributed by atoms with Crippen LogP contribution in [-0.4, -0.2) is 62.6 Å². The van der Waals surface area contributed by atoms with Crippen molar-refractivity contribution in [3.8, 4) is 5.88 Å². The summed E-state index contributed by atoms with van der Waals surface area (Å²) < 4.78 is 27.6. The summed E-state index contributed by atoms with van der Waals surface area (Å²) in [7, 11) is -2.62. The van der Waals surface area contributed by atoms with Crippen molar-refractivity contribution in [3.05, 3.63) is 6.33 Å². The molecular weight excluding hydrogens is 329 g/mol. The summed E-state index contributed by atoms with van der Waals surface area (Å²) in [6, 6.07) is 0. The summed E-state index contributed by atoms with van der Waals surface area (Å²) >= 11 is 0. The first-order chi connectivity index (χ1) is 10.9. The molecule has 4 N–H and O–H groups in total. The molecule has 0 amide bonds. The zero-order valence-corrected chi connectivity index (χ0v) is 13.3. The number of imidazole rings is 1. The molecule has 0 spiro atoms. The highest BCUT2D eigenvalue weighted by Crippen LogP contribution is 2.33. The van der Waals surface area contributed by atoms with E-state index in [1.165, 1.54) is 6.33 Å². The van der Waals surface area contributed by atoms with E-state index in [4.69, 9.17) is 29.7 Å². The molecule has 0 unspecified atom stereocenters. The van der Waals surface area contributed by atoms with Crippen LogP contribution in [0.25, 0.3) is 11.2 Å². The topological polar surface area (TPSA) is 155 Å². The average molecular weight is 347 g/mol. The van der Waals surface area contributed by atoms with Crippen LogP contribution in [0.1, 0.15) is 0 Å². The Bertz CT molecular complexity index is 702. The number of rotatable bonds is 9. The zero-order chi connectivity index (χ0) is 16.9. The summed E-state index contributed by atoms with van der Waals surface area (Å²) in [6.45, 7) is 1.06. The van der Waals surface area contributed by atoms with Gasteiger partial charge in [0.15, 0.2) is 11.2 Å². The second-order valence-corrected chi connectivity index (χ2v) is 6.13. The Balaban J connectivity index is 2.08. The first-order valence-corrected chi connectivity index (χ1v) is 8.43. The Hall–Kier alpha value is -1.78. The lowest BCUT2D eigenvalue weighted by atomic mass is 10.5. The van der Waals surface area contributed by atoms with Gasteiger partial charge in [-0.3, -0.25) is 4.57 Å². The number of ether oxygens (including phenoxy) is 3. The van der Waals surface area contributed by atoms with E-state index in [1.54, 1.807) is 11.7 Å². The molecule has 0 aromatic carbocycles. The van der Waals surface area contributed by atoms with Gasteiger partial charge in [0.1, 0.15) is 13.0 Å². The third-order valence-electron chi connectivity index (χ3n) is 2.71. The Kier molecular flexibility index (Phi) is 5.85.